The second kappa shape index (κ2) is 27.3. The highest BCUT2D eigenvalue weighted by atomic mass is 35.5. The summed E-state index contributed by atoms with van der Waals surface area (Å²) >= 11 is 6.60. The number of hydrogen-bond donors (Lipinski definition) is 7. The molecule has 454 valence electrons. The average Bonchev–Trinajstić information content (AvgIpc) is 4.24. The quantitative estimate of drug-likeness (QED) is 0.0750. The summed E-state index contributed by atoms with van der Waals surface area (Å²) in [6.07, 6.45) is -6.42. The lowest BCUT2D eigenvalue weighted by Gasteiger charge is -2.49. The normalized spacial score (nSPS) is 37.1. The highest BCUT2D eigenvalue weighted by Crippen LogP contribution is 2.42. The Labute approximate surface area is 475 Å². The summed E-state index contributed by atoms with van der Waals surface area (Å²) in [5, 5.41) is 64.4. The largest absolute Gasteiger partial charge is 0.477 e. The molecular formula is C57H92ClN5O17. The minimum atomic E-state index is -1.87. The number of carbonyl (C=O) groups excluding carboxylic acids is 2. The van der Waals surface area contributed by atoms with Gasteiger partial charge in [0.2, 0.25) is 5.43 Å². The van der Waals surface area contributed by atoms with Gasteiger partial charge < -0.3 is 88.4 Å². The predicted octanol–water partition coefficient (Wildman–Crippen LogP) is 5.15. The molecule has 4 heterocycles. The van der Waals surface area contributed by atoms with E-state index in [-0.39, 0.29) is 74.1 Å². The number of hydrogen-bond acceptors (Lipinski definition) is 19. The summed E-state index contributed by atoms with van der Waals surface area (Å²) in [4.78, 5) is 56.7. The van der Waals surface area contributed by atoms with E-state index in [1.807, 2.05) is 49.4 Å². The van der Waals surface area contributed by atoms with Crippen molar-refractivity contribution >= 4 is 46.2 Å². The molecule has 22 nitrogen and oxygen atoms in total. The van der Waals surface area contributed by atoms with Crippen molar-refractivity contribution in [3.05, 3.63) is 39.1 Å². The first-order valence-corrected chi connectivity index (χ1v) is 28.8. The highest BCUT2D eigenvalue weighted by Gasteiger charge is 2.54. The van der Waals surface area contributed by atoms with E-state index in [4.69, 9.17) is 49.5 Å². The van der Waals surface area contributed by atoms with Crippen molar-refractivity contribution in [2.24, 2.45) is 17.8 Å². The molecule has 7 N–H and O–H groups in total. The van der Waals surface area contributed by atoms with E-state index in [0.29, 0.717) is 42.2 Å². The Kier molecular flexibility index (Phi) is 22.3. The molecule has 1 aromatic heterocycles. The van der Waals surface area contributed by atoms with E-state index in [0.717, 1.165) is 12.8 Å². The van der Waals surface area contributed by atoms with Gasteiger partial charge in [0.15, 0.2) is 18.7 Å². The molecule has 3 aliphatic heterocycles. The standard InChI is InChI=1S/C57H92ClN5O17/c1-15-43-57(10,72)48(66)34(6)62(13)28-30(2)26-55(8,71)49(79-53-46(65)42(61(11)12)23-31(3)75-53)32(4)47(33(5)52(69)77-43)78-44-27-56(9,73-14)50(35(7)76-44)80-54(70)60-19-16-21-74-22-20-59-40-24-37-41(25-39(40)58)63(36-17-18-36)29-38(45(37)64)51(67)68/h24-25,29-36,42-44,46-50,53,59,65-66,71-72H,15-23,26-28H2,1-14H3,(H,60,70)(H,67,68)/t30-,31-,32+,33-,34-,35+,42+,43-,44?,46-,47+,48-,49-,50+,53+,55-,56-,57-/m1/s1. The Balaban J connectivity index is 1.13. The number of carboxylic acid groups (broad SMARTS) is 1. The zero-order valence-corrected chi connectivity index (χ0v) is 50.1. The lowest BCUT2D eigenvalue weighted by Crippen LogP contribution is -2.61. The fourth-order valence-corrected chi connectivity index (χ4v) is 12.4. The second-order valence-electron chi connectivity index (χ2n) is 24.0. The summed E-state index contributed by atoms with van der Waals surface area (Å²) in [5.41, 5.74) is -4.54. The Hall–Kier alpha value is -3.75. The van der Waals surface area contributed by atoms with Gasteiger partial charge in [0.25, 0.3) is 0 Å². The van der Waals surface area contributed by atoms with Gasteiger partial charge in [0.05, 0.1) is 58.8 Å². The molecule has 1 aliphatic carbocycles. The van der Waals surface area contributed by atoms with E-state index in [1.54, 1.807) is 60.6 Å². The van der Waals surface area contributed by atoms with Gasteiger partial charge in [-0.15, -0.1) is 0 Å². The molecule has 80 heavy (non-hydrogen) atoms. The zero-order chi connectivity index (χ0) is 59.3. The van der Waals surface area contributed by atoms with Crippen LogP contribution in [0.3, 0.4) is 0 Å². The fourth-order valence-electron chi connectivity index (χ4n) is 12.1. The van der Waals surface area contributed by atoms with Gasteiger partial charge in [-0.1, -0.05) is 32.4 Å². The molecule has 0 spiro atoms. The molecule has 1 saturated carbocycles. The molecule has 0 radical (unpaired) electrons. The number of rotatable bonds is 18. The maximum Gasteiger partial charge on any atom is 0.407 e. The van der Waals surface area contributed by atoms with E-state index in [1.165, 1.54) is 20.2 Å². The van der Waals surface area contributed by atoms with Crippen molar-refractivity contribution in [1.29, 1.82) is 0 Å². The number of anilines is 1. The Morgan fingerprint density at radius 1 is 0.950 bits per heavy atom. The van der Waals surface area contributed by atoms with E-state index < -0.39 is 113 Å². The van der Waals surface area contributed by atoms with Gasteiger partial charge in [-0.05, 0) is 126 Å². The number of ether oxygens (including phenoxy) is 8. The van der Waals surface area contributed by atoms with E-state index in [9.17, 15) is 44.7 Å². The topological polar surface area (TPSA) is 279 Å². The summed E-state index contributed by atoms with van der Waals surface area (Å²) in [6, 6.07) is 2.45. The van der Waals surface area contributed by atoms with Crippen molar-refractivity contribution in [2.75, 3.05) is 66.4 Å². The van der Waals surface area contributed by atoms with E-state index >= 15 is 0 Å². The van der Waals surface area contributed by atoms with Gasteiger partial charge in [-0.3, -0.25) is 9.59 Å². The molecule has 4 fully saturated rings. The Morgan fingerprint density at radius 3 is 2.26 bits per heavy atom. The van der Waals surface area contributed by atoms with Gasteiger partial charge in [0.1, 0.15) is 35.1 Å². The third kappa shape index (κ3) is 15.3. The van der Waals surface area contributed by atoms with Crippen molar-refractivity contribution in [2.45, 2.75) is 211 Å². The third-order valence-electron chi connectivity index (χ3n) is 17.0. The number of carboxylic acids is 1. The SMILES string of the molecule is CC[C@H]1OC(=O)[C@H](C)[C@@H](OC2C[C@@](C)(OC)[C@@H](OC(=O)NCCCOCCNc3cc4c(=O)c(C(=O)O)cn(C5CC5)c4cc3Cl)[C@H](C)O2)[C@H](C)[C@@H](O[C@@H]2O[C@H](C)C[C@H](N(C)C)[C@H]2O)[C@](C)(O)C[C@@H](C)CN(C)[C@H](C)[C@@H](O)[C@]1(C)O. The highest BCUT2D eigenvalue weighted by molar-refractivity contribution is 6.34. The number of cyclic esters (lactones) is 1. The van der Waals surface area contributed by atoms with Gasteiger partial charge in [-0.2, -0.15) is 0 Å². The number of aromatic nitrogens is 1. The first-order chi connectivity index (χ1) is 37.5. The lowest BCUT2D eigenvalue weighted by molar-refractivity contribution is -0.317. The van der Waals surface area contributed by atoms with Crippen LogP contribution in [0, 0.1) is 17.8 Å². The number of aliphatic hydroxyl groups excluding tert-OH is 2. The van der Waals surface area contributed by atoms with Crippen molar-refractivity contribution in [1.82, 2.24) is 19.7 Å². The molecular weight excluding hydrogens is 1060 g/mol. The molecule has 4 aliphatic rings. The van der Waals surface area contributed by atoms with Crippen LogP contribution in [0.25, 0.3) is 10.9 Å². The smallest absolute Gasteiger partial charge is 0.407 e. The maximum atomic E-state index is 14.6. The van der Waals surface area contributed by atoms with Crippen LogP contribution in [0.2, 0.25) is 5.02 Å². The number of aromatic carboxylic acids is 1. The number of fused-ring (bicyclic) bond motifs is 1. The number of aliphatic hydroxyl groups is 4. The number of alkyl carbamates (subject to hydrolysis) is 1. The van der Waals surface area contributed by atoms with Crippen LogP contribution >= 0.6 is 11.6 Å². The van der Waals surface area contributed by atoms with Crippen molar-refractivity contribution in [3.63, 3.8) is 0 Å². The van der Waals surface area contributed by atoms with Gasteiger partial charge in [0, 0.05) is 75.4 Å². The number of esters is 1. The summed E-state index contributed by atoms with van der Waals surface area (Å²) in [5.74, 6) is -4.20. The minimum Gasteiger partial charge on any atom is -0.477 e. The number of benzene rings is 1. The van der Waals surface area contributed by atoms with Crippen molar-refractivity contribution < 1.29 is 77.8 Å². The maximum absolute atomic E-state index is 14.6. The molecule has 3 saturated heterocycles. The summed E-state index contributed by atoms with van der Waals surface area (Å²) < 4.78 is 52.3. The van der Waals surface area contributed by atoms with Crippen LogP contribution in [0.5, 0.6) is 0 Å². The number of likely N-dealkylation sites (N-methyl/N-ethyl adjacent to an activating group) is 2. The monoisotopic (exact) mass is 1150 g/mol. The molecule has 1 unspecified atom stereocenters. The number of nitrogens with one attached hydrogen (secondary N) is 2. The van der Waals surface area contributed by atoms with Gasteiger partial charge in [-0.25, -0.2) is 9.59 Å². The molecule has 23 heteroatoms. The molecule has 6 rings (SSSR count). The van der Waals surface area contributed by atoms with E-state index in [2.05, 4.69) is 10.6 Å². The zero-order valence-electron chi connectivity index (χ0n) is 49.3. The van der Waals surface area contributed by atoms with Crippen LogP contribution in [0.4, 0.5) is 10.5 Å². The predicted molar refractivity (Wildman–Crippen MR) is 299 cm³/mol. The second-order valence-corrected chi connectivity index (χ2v) is 24.4. The van der Waals surface area contributed by atoms with Crippen LogP contribution in [0.15, 0.2) is 23.1 Å². The lowest BCUT2D eigenvalue weighted by atomic mass is 9.77. The molecule has 2 aromatic rings. The molecule has 1 aromatic carbocycles. The molecule has 18 atom stereocenters. The number of pyridine rings is 1. The third-order valence-corrected chi connectivity index (χ3v) is 17.3. The average molecular weight is 1150 g/mol. The number of methoxy groups -OCH3 is 1. The minimum absolute atomic E-state index is 0.0130. The number of nitrogens with zero attached hydrogens (tertiary/aromatic N) is 3. The van der Waals surface area contributed by atoms with Crippen LogP contribution in [-0.2, 0) is 42.7 Å². The Morgan fingerprint density at radius 2 is 1.64 bits per heavy atom. The number of carbonyl (C=O) groups is 3. The molecule has 0 bridgehead atoms. The van der Waals surface area contributed by atoms with Crippen LogP contribution in [0.1, 0.15) is 131 Å². The first-order valence-electron chi connectivity index (χ1n) is 28.4. The van der Waals surface area contributed by atoms with Gasteiger partial charge >= 0.3 is 18.0 Å². The first kappa shape index (κ1) is 65.4. The van der Waals surface area contributed by atoms with Crippen LogP contribution in [-0.4, -0.2) is 209 Å². The van der Waals surface area contributed by atoms with Crippen molar-refractivity contribution in [3.8, 4) is 0 Å². The number of halogens is 1. The fraction of sp³-hybridized carbons (Fsp3) is 0.789. The number of amides is 1. The summed E-state index contributed by atoms with van der Waals surface area (Å²) in [6.45, 7) is 18.9. The summed E-state index contributed by atoms with van der Waals surface area (Å²) in [7, 11) is 7.04. The van der Waals surface area contributed by atoms with Crippen LogP contribution < -0.4 is 16.1 Å². The molecule has 1 amide bonds. The Bertz CT molecular complexity index is 2480.